The fourth-order valence-corrected chi connectivity index (χ4v) is 4.31. The highest BCUT2D eigenvalue weighted by atomic mass is 79.9. The van der Waals surface area contributed by atoms with Crippen molar-refractivity contribution in [2.45, 2.75) is 19.4 Å². The highest BCUT2D eigenvalue weighted by Gasteiger charge is 2.34. The second kappa shape index (κ2) is 5.63. The zero-order valence-corrected chi connectivity index (χ0v) is 12.3. The van der Waals surface area contributed by atoms with E-state index in [-0.39, 0.29) is 0 Å². The van der Waals surface area contributed by atoms with Gasteiger partial charge in [0.05, 0.1) is 3.79 Å². The van der Waals surface area contributed by atoms with Gasteiger partial charge in [0.1, 0.15) is 0 Å². The summed E-state index contributed by atoms with van der Waals surface area (Å²) in [7, 11) is 2.05. The van der Waals surface area contributed by atoms with Crippen LogP contribution in [-0.4, -0.2) is 31.6 Å². The van der Waals surface area contributed by atoms with Crippen LogP contribution < -0.4 is 5.32 Å². The van der Waals surface area contributed by atoms with Crippen LogP contribution in [0.2, 0.25) is 0 Å². The van der Waals surface area contributed by atoms with Crippen LogP contribution in [0, 0.1) is 5.92 Å². The molecule has 0 aromatic carbocycles. The Balaban J connectivity index is 2.18. The van der Waals surface area contributed by atoms with Crippen molar-refractivity contribution in [3.8, 4) is 0 Å². The van der Waals surface area contributed by atoms with Gasteiger partial charge in [-0.2, -0.15) is 0 Å². The molecule has 0 spiro atoms. The average Bonchev–Trinajstić information content (AvgIpc) is 2.85. The summed E-state index contributed by atoms with van der Waals surface area (Å²) < 4.78 is 1.24. The number of halogens is 1. The number of nitrogens with one attached hydrogen (secondary N) is 1. The molecule has 1 N–H and O–H groups in total. The largest absolute Gasteiger partial charge is 0.319 e. The molecule has 1 fully saturated rings. The predicted octanol–water partition coefficient (Wildman–Crippen LogP) is 3.11. The Hall–Kier alpha value is 0.1000. The molecule has 0 radical (unpaired) electrons. The van der Waals surface area contributed by atoms with E-state index in [1.165, 1.54) is 21.6 Å². The third-order valence-corrected chi connectivity index (χ3v) is 5.08. The van der Waals surface area contributed by atoms with Crippen LogP contribution in [-0.2, 0) is 0 Å². The molecule has 2 atom stereocenters. The van der Waals surface area contributed by atoms with E-state index in [1.54, 1.807) is 0 Å². The van der Waals surface area contributed by atoms with Crippen molar-refractivity contribution in [1.82, 2.24) is 10.2 Å². The van der Waals surface area contributed by atoms with E-state index in [0.29, 0.717) is 6.04 Å². The lowest BCUT2D eigenvalue weighted by Gasteiger charge is -2.26. The molecular formula is C12H19BrN2S. The minimum atomic E-state index is 0.619. The van der Waals surface area contributed by atoms with Gasteiger partial charge in [-0.3, -0.25) is 4.90 Å². The molecule has 1 aliphatic rings. The van der Waals surface area contributed by atoms with E-state index in [9.17, 15) is 0 Å². The molecule has 4 heteroatoms. The quantitative estimate of drug-likeness (QED) is 0.919. The molecular weight excluding hydrogens is 284 g/mol. The van der Waals surface area contributed by atoms with Gasteiger partial charge in [-0.25, -0.2) is 0 Å². The lowest BCUT2D eigenvalue weighted by atomic mass is 9.99. The van der Waals surface area contributed by atoms with Crippen LogP contribution in [0.3, 0.4) is 0 Å². The Morgan fingerprint density at radius 3 is 2.94 bits per heavy atom. The van der Waals surface area contributed by atoms with Crippen LogP contribution in [0.5, 0.6) is 0 Å². The van der Waals surface area contributed by atoms with Gasteiger partial charge in [0, 0.05) is 10.9 Å². The van der Waals surface area contributed by atoms with E-state index in [0.717, 1.165) is 19.0 Å². The molecule has 90 valence electrons. The Kier molecular flexibility index (Phi) is 4.41. The third kappa shape index (κ3) is 2.50. The van der Waals surface area contributed by atoms with Crippen molar-refractivity contribution in [1.29, 1.82) is 0 Å². The topological polar surface area (TPSA) is 15.3 Å². The Labute approximate surface area is 110 Å². The van der Waals surface area contributed by atoms with Crippen LogP contribution in [0.15, 0.2) is 15.9 Å². The van der Waals surface area contributed by atoms with Gasteiger partial charge in [-0.15, -0.1) is 11.3 Å². The lowest BCUT2D eigenvalue weighted by Crippen LogP contribution is -2.28. The van der Waals surface area contributed by atoms with Crippen molar-refractivity contribution in [3.05, 3.63) is 20.8 Å². The minimum Gasteiger partial charge on any atom is -0.319 e. The van der Waals surface area contributed by atoms with Crippen molar-refractivity contribution < 1.29 is 0 Å². The maximum atomic E-state index is 3.56. The molecule has 2 rings (SSSR count). The highest BCUT2D eigenvalue weighted by Crippen LogP contribution is 2.40. The smallest absolute Gasteiger partial charge is 0.0701 e. The average molecular weight is 303 g/mol. The first-order valence-corrected chi connectivity index (χ1v) is 7.51. The van der Waals surface area contributed by atoms with Gasteiger partial charge >= 0.3 is 0 Å². The first-order chi connectivity index (χ1) is 7.76. The van der Waals surface area contributed by atoms with Crippen LogP contribution in [0.25, 0.3) is 0 Å². The molecule has 0 amide bonds. The summed E-state index contributed by atoms with van der Waals surface area (Å²) in [6.45, 7) is 5.78. The van der Waals surface area contributed by atoms with E-state index < -0.39 is 0 Å². The normalized spacial score (nSPS) is 26.4. The highest BCUT2D eigenvalue weighted by molar-refractivity contribution is 9.11. The molecule has 16 heavy (non-hydrogen) atoms. The maximum Gasteiger partial charge on any atom is 0.0701 e. The summed E-state index contributed by atoms with van der Waals surface area (Å²) in [6, 6.07) is 5.06. The molecule has 0 saturated carbocycles. The lowest BCUT2D eigenvalue weighted by molar-refractivity contribution is 0.242. The third-order valence-electron chi connectivity index (χ3n) is 3.39. The van der Waals surface area contributed by atoms with Gasteiger partial charge in [-0.05, 0) is 67.1 Å². The van der Waals surface area contributed by atoms with Gasteiger partial charge in [-0.1, -0.05) is 6.92 Å². The second-order valence-corrected chi connectivity index (χ2v) is 6.82. The second-order valence-electron chi connectivity index (χ2n) is 4.32. The fraction of sp³-hybridized carbons (Fsp3) is 0.667. The molecule has 1 aliphatic heterocycles. The zero-order chi connectivity index (χ0) is 11.5. The van der Waals surface area contributed by atoms with Crippen molar-refractivity contribution >= 4 is 27.3 Å². The molecule has 2 nitrogen and oxygen atoms in total. The van der Waals surface area contributed by atoms with Gasteiger partial charge in [0.25, 0.3) is 0 Å². The Morgan fingerprint density at radius 1 is 1.56 bits per heavy atom. The Bertz CT molecular complexity index is 340. The molecule has 1 aromatic rings. The van der Waals surface area contributed by atoms with E-state index in [2.05, 4.69) is 52.3 Å². The number of nitrogens with zero attached hydrogens (tertiary/aromatic N) is 1. The van der Waals surface area contributed by atoms with Gasteiger partial charge in [0.2, 0.25) is 0 Å². The summed E-state index contributed by atoms with van der Waals surface area (Å²) in [6.07, 6.45) is 1.31. The summed E-state index contributed by atoms with van der Waals surface area (Å²) in [5.41, 5.74) is 0. The number of hydrogen-bond acceptors (Lipinski definition) is 3. The molecule has 2 unspecified atom stereocenters. The molecule has 1 saturated heterocycles. The first-order valence-electron chi connectivity index (χ1n) is 5.90. The SMILES string of the molecule is CCN1CCC(CNC)C1c1ccc(Br)s1. The number of rotatable bonds is 4. The fourth-order valence-electron chi connectivity index (χ4n) is 2.66. The number of likely N-dealkylation sites (tertiary alicyclic amines) is 1. The maximum absolute atomic E-state index is 3.56. The van der Waals surface area contributed by atoms with Crippen molar-refractivity contribution in [3.63, 3.8) is 0 Å². The molecule has 0 bridgehead atoms. The molecule has 2 heterocycles. The number of thiophene rings is 1. The summed E-state index contributed by atoms with van der Waals surface area (Å²) in [4.78, 5) is 4.10. The van der Waals surface area contributed by atoms with E-state index in [4.69, 9.17) is 0 Å². The molecule has 0 aliphatic carbocycles. The van der Waals surface area contributed by atoms with E-state index >= 15 is 0 Å². The predicted molar refractivity (Wildman–Crippen MR) is 74.0 cm³/mol. The number of hydrogen-bond donors (Lipinski definition) is 1. The monoisotopic (exact) mass is 302 g/mol. The summed E-state index contributed by atoms with van der Waals surface area (Å²) in [5, 5.41) is 3.33. The standard InChI is InChI=1S/C12H19BrN2S/c1-3-15-7-6-9(8-14-2)12(15)10-4-5-11(13)16-10/h4-5,9,12,14H,3,6-8H2,1-2H3. The van der Waals surface area contributed by atoms with Crippen LogP contribution in [0.4, 0.5) is 0 Å². The summed E-state index contributed by atoms with van der Waals surface area (Å²) >= 11 is 5.45. The van der Waals surface area contributed by atoms with E-state index in [1.807, 2.05) is 11.3 Å². The minimum absolute atomic E-state index is 0.619. The Morgan fingerprint density at radius 2 is 2.38 bits per heavy atom. The van der Waals surface area contributed by atoms with Crippen LogP contribution in [0.1, 0.15) is 24.3 Å². The van der Waals surface area contributed by atoms with Gasteiger partial charge in [0.15, 0.2) is 0 Å². The van der Waals surface area contributed by atoms with Crippen LogP contribution >= 0.6 is 27.3 Å². The summed E-state index contributed by atoms with van der Waals surface area (Å²) in [5.74, 6) is 0.760. The first kappa shape index (κ1) is 12.6. The zero-order valence-electron chi connectivity index (χ0n) is 9.87. The van der Waals surface area contributed by atoms with Gasteiger partial charge < -0.3 is 5.32 Å². The van der Waals surface area contributed by atoms with Crippen molar-refractivity contribution in [2.24, 2.45) is 5.92 Å². The molecule has 1 aromatic heterocycles. The van der Waals surface area contributed by atoms with Crippen molar-refractivity contribution in [2.75, 3.05) is 26.7 Å².